The fraction of sp³-hybridized carbons (Fsp3) is 0.866. The zero-order valence-electron chi connectivity index (χ0n) is 66.6. The number of hydrogen-bond donors (Lipinski definition) is 0. The second-order valence-electron chi connectivity index (χ2n) is 35.8. The summed E-state index contributed by atoms with van der Waals surface area (Å²) in [7, 11) is 2.02. The molecule has 2 aromatic heterocycles. The molecule has 8 unspecified atom stereocenters. The molecule has 19 heteroatoms. The minimum absolute atomic E-state index is 0.0793. The number of aryl methyl sites for hydroxylation is 1. The predicted octanol–water partition coefficient (Wildman–Crippen LogP) is 14.6. The molecule has 0 aromatic carbocycles. The van der Waals surface area contributed by atoms with Gasteiger partial charge >= 0.3 is 0 Å². The molecule has 15 aliphatic rings. The number of fused-ring (bicyclic) bond motifs is 11. The van der Waals surface area contributed by atoms with E-state index in [-0.39, 0.29) is 59.8 Å². The lowest BCUT2D eigenvalue weighted by Gasteiger charge is -2.46. The van der Waals surface area contributed by atoms with Gasteiger partial charge in [-0.05, 0) is 179 Å². The van der Waals surface area contributed by atoms with Gasteiger partial charge in [0.15, 0.2) is 0 Å². The van der Waals surface area contributed by atoms with Crippen LogP contribution in [0.1, 0.15) is 309 Å². The fourth-order valence-corrected chi connectivity index (χ4v) is 19.8. The smallest absolute Gasteiger partial charge is 0.226 e. The van der Waals surface area contributed by atoms with Gasteiger partial charge in [0.25, 0.3) is 0 Å². The summed E-state index contributed by atoms with van der Waals surface area (Å²) in [6, 6.07) is 6.61. The molecule has 13 aliphatic heterocycles. The van der Waals surface area contributed by atoms with Gasteiger partial charge in [-0.1, -0.05) is 118 Å². The maximum atomic E-state index is 12.0. The zero-order valence-corrected chi connectivity index (χ0v) is 66.6. The molecule has 0 spiro atoms. The van der Waals surface area contributed by atoms with Crippen molar-refractivity contribution in [3.8, 4) is 0 Å². The first-order valence-corrected chi connectivity index (χ1v) is 40.9. The fourth-order valence-electron chi connectivity index (χ4n) is 19.8. The topological polar surface area (TPSA) is 189 Å². The summed E-state index contributed by atoms with van der Waals surface area (Å²) in [4.78, 5) is 92.9. The van der Waals surface area contributed by atoms with E-state index < -0.39 is 0 Å². The molecule has 15 fully saturated rings. The Morgan fingerprint density at radius 2 is 0.733 bits per heavy atom. The predicted molar refractivity (Wildman–Crippen MR) is 399 cm³/mol. The van der Waals surface area contributed by atoms with E-state index in [9.17, 15) is 28.8 Å². The Morgan fingerprint density at radius 3 is 1.02 bits per heavy atom. The molecule has 15 heterocycles. The molecule has 0 N–H and O–H groups in total. The lowest BCUT2D eigenvalue weighted by Crippen LogP contribution is -2.54. The molecule has 14 bridgehead atoms. The van der Waals surface area contributed by atoms with Crippen molar-refractivity contribution in [2.24, 2.45) is 60.3 Å². The minimum atomic E-state index is 0.0793. The van der Waals surface area contributed by atoms with Crippen molar-refractivity contribution < 1.29 is 38.2 Å². The lowest BCUT2D eigenvalue weighted by molar-refractivity contribution is -0.149. The van der Waals surface area contributed by atoms with E-state index >= 15 is 0 Å². The van der Waals surface area contributed by atoms with Gasteiger partial charge in [-0.25, -0.2) is 14.6 Å². The number of aromatic nitrogens is 5. The lowest BCUT2D eigenvalue weighted by atomic mass is 9.78. The highest BCUT2D eigenvalue weighted by Crippen LogP contribution is 2.45. The van der Waals surface area contributed by atoms with E-state index in [1.54, 1.807) is 6.33 Å². The van der Waals surface area contributed by atoms with E-state index in [1.165, 1.54) is 135 Å². The van der Waals surface area contributed by atoms with Crippen LogP contribution in [0.25, 0.3) is 0 Å². The number of amides is 6. The van der Waals surface area contributed by atoms with E-state index in [4.69, 9.17) is 9.47 Å². The Hall–Kier alpha value is -4.91. The van der Waals surface area contributed by atoms with Crippen molar-refractivity contribution in [3.63, 3.8) is 0 Å². The van der Waals surface area contributed by atoms with Gasteiger partial charge in [0.05, 0.1) is 31.3 Å². The highest BCUT2D eigenvalue weighted by Gasteiger charge is 2.61. The number of imidazole rings is 1. The number of nitrogens with zero attached hydrogens (tertiary/aromatic N) is 11. The van der Waals surface area contributed by atoms with Crippen molar-refractivity contribution in [2.75, 3.05) is 13.2 Å². The summed E-state index contributed by atoms with van der Waals surface area (Å²) in [6.07, 6.45) is 34.3. The first-order chi connectivity index (χ1) is 47.9. The number of rotatable bonds is 9. The Labute approximate surface area is 610 Å². The third kappa shape index (κ3) is 19.0. The quantitative estimate of drug-likeness (QED) is 0.232. The van der Waals surface area contributed by atoms with Crippen molar-refractivity contribution in [1.29, 1.82) is 0 Å². The first-order valence-electron chi connectivity index (χ1n) is 40.9. The molecule has 19 nitrogen and oxygen atoms in total. The van der Waals surface area contributed by atoms with Crippen molar-refractivity contribution in [3.05, 3.63) is 30.4 Å². The first kappa shape index (κ1) is 80.2. The number of morpholine rings is 2. The van der Waals surface area contributed by atoms with Gasteiger partial charge in [0.1, 0.15) is 30.2 Å². The number of ether oxygens (including phenoxy) is 2. The summed E-state index contributed by atoms with van der Waals surface area (Å²) in [6.45, 7) is 41.1. The molecule has 101 heavy (non-hydrogen) atoms. The standard InChI is InChI=1S/3C12H21NO.C11H19NO.C10H15NO3.C10H17NO.C8H13N3.C7H12N2/c3*1-8(2)12(14)13-10-4-5-11(13)7-9(3)6-10;1-8(2)11(13)12-9-4-3-5-10(12)7-6-9;1-5(2)10(12)11-6-3-13-9-7(11)4-14-8(6)9;1-7(2)11-9-5-3-8(4-6-9)10(11)12;1-6(2)8-9-5-10-11(8)7-3-4-7;1-6(2)7-8-4-5-9(7)3/h3*8-11H,4-7H2,1-3H3;8-10H,3-7H2,1-2H3;5-9H,3-4H2,1-2H3;7-9H,3-6H2,1-2H3;5-7H,3-4H2,1-2H3;4-6H,1-3H3/t3*9?,10-,11+;;6?,7?,8-,9?;;;/m....0.../s1. The van der Waals surface area contributed by atoms with Crippen molar-refractivity contribution in [2.45, 2.75) is 382 Å². The van der Waals surface area contributed by atoms with Crippen LogP contribution in [-0.4, -0.2) is 187 Å². The second kappa shape index (κ2) is 35.5. The van der Waals surface area contributed by atoms with E-state index in [1.807, 2.05) is 98.1 Å². The molecule has 570 valence electrons. The monoisotopic (exact) mass is 1410 g/mol. The average molecular weight is 1410 g/mol. The summed E-state index contributed by atoms with van der Waals surface area (Å²) in [5.74, 6) is 9.12. The molecule has 2 aromatic rings. The number of carbonyl (C=O) groups is 6. The van der Waals surface area contributed by atoms with Crippen LogP contribution < -0.4 is 0 Å². The minimum Gasteiger partial charge on any atom is -0.371 e. The molecular formula is C82H139N11O8. The molecule has 2 aliphatic carbocycles. The van der Waals surface area contributed by atoms with Crippen LogP contribution in [0.2, 0.25) is 0 Å². The largest absolute Gasteiger partial charge is 0.371 e. The van der Waals surface area contributed by atoms with Gasteiger partial charge in [-0.2, -0.15) is 5.10 Å². The normalized spacial score (nSPS) is 32.6. The Balaban J connectivity index is 0.000000135. The third-order valence-electron chi connectivity index (χ3n) is 24.7. The number of hydrogen-bond acceptors (Lipinski definition) is 11. The number of likely N-dealkylation sites (tertiary alicyclic amines) is 1. The maximum Gasteiger partial charge on any atom is 0.226 e. The molecule has 13 saturated heterocycles. The van der Waals surface area contributed by atoms with Gasteiger partial charge in [-0.15, -0.1) is 0 Å². The van der Waals surface area contributed by atoms with E-state index in [2.05, 4.69) is 107 Å². The summed E-state index contributed by atoms with van der Waals surface area (Å²) >= 11 is 0. The maximum absolute atomic E-state index is 12.0. The molecular weight excluding hydrogens is 1270 g/mol. The zero-order chi connectivity index (χ0) is 73.6. The summed E-state index contributed by atoms with van der Waals surface area (Å²) in [5.41, 5.74) is 0. The van der Waals surface area contributed by atoms with Crippen LogP contribution in [0, 0.1) is 53.3 Å². The Bertz CT molecular complexity index is 2810. The van der Waals surface area contributed by atoms with Crippen LogP contribution in [0.3, 0.4) is 0 Å². The van der Waals surface area contributed by atoms with Crippen molar-refractivity contribution in [1.82, 2.24) is 53.7 Å². The summed E-state index contributed by atoms with van der Waals surface area (Å²) < 4.78 is 15.3. The van der Waals surface area contributed by atoms with Crippen LogP contribution in [-0.2, 0) is 45.3 Å². The van der Waals surface area contributed by atoms with Crippen LogP contribution in [0.4, 0.5) is 0 Å². The van der Waals surface area contributed by atoms with Crippen LogP contribution >= 0.6 is 0 Å². The SMILES string of the molecule is CC(C)C(=O)N1C2CCCC1CC2.CC(C)C(=O)N1C2CO[C@@H]3C2OCC31.CC(C)N1C(=O)C2CCC1CC2.CC(C)c1nccn1C.CC(C)c1ncnn1C1CC1.CC1C[C@H]2CC[C@@H](C1)N2C(=O)C(C)C.CC1C[C@H]2CC[C@@H](C1)N2C(=O)C(C)C.CC1C[C@H]2CC[C@@H](C1)N2C(=O)C(C)C. The van der Waals surface area contributed by atoms with Gasteiger partial charge < -0.3 is 43.4 Å². The molecule has 17 rings (SSSR count). The average Bonchev–Trinajstić information content (AvgIpc) is 1.50. The van der Waals surface area contributed by atoms with Crippen LogP contribution in [0.5, 0.6) is 0 Å². The van der Waals surface area contributed by atoms with Gasteiger partial charge in [-0.3, -0.25) is 28.8 Å². The third-order valence-corrected chi connectivity index (χ3v) is 24.7. The number of carbonyl (C=O) groups excluding carboxylic acids is 6. The van der Waals surface area contributed by atoms with Gasteiger partial charge in [0.2, 0.25) is 35.4 Å². The molecule has 2 saturated carbocycles. The Kier molecular flexibility index (Phi) is 28.2. The van der Waals surface area contributed by atoms with Crippen molar-refractivity contribution >= 4 is 35.4 Å². The second-order valence-corrected chi connectivity index (χ2v) is 35.8. The van der Waals surface area contributed by atoms with Gasteiger partial charge in [0, 0.05) is 127 Å². The van der Waals surface area contributed by atoms with E-state index in [0.717, 1.165) is 42.2 Å². The highest BCUT2D eigenvalue weighted by molar-refractivity contribution is 5.82. The summed E-state index contributed by atoms with van der Waals surface area (Å²) in [5, 5.41) is 4.20. The Morgan fingerprint density at radius 1 is 0.406 bits per heavy atom. The number of piperidine rings is 6. The molecule has 0 radical (unpaired) electrons. The van der Waals surface area contributed by atoms with E-state index in [0.29, 0.717) is 127 Å². The van der Waals surface area contributed by atoms with Crippen LogP contribution in [0.15, 0.2) is 18.7 Å². The molecule has 15 atom stereocenters. The molecule has 6 amide bonds. The highest BCUT2D eigenvalue weighted by atomic mass is 16.6.